The zero-order valence-electron chi connectivity index (χ0n) is 75.4. The Morgan fingerprint density at radius 3 is 0.356 bits per heavy atom. The van der Waals surface area contributed by atoms with Gasteiger partial charge in [0.25, 0.3) is 0 Å². The van der Waals surface area contributed by atoms with Crippen LogP contribution in [0.5, 0.6) is 0 Å². The second kappa shape index (κ2) is 48.1. The molecule has 18 aromatic carbocycles. The highest BCUT2D eigenvalue weighted by Gasteiger charge is 2.10. The van der Waals surface area contributed by atoms with Crippen LogP contribution >= 0.6 is 0 Å². The summed E-state index contributed by atoms with van der Waals surface area (Å²) in [4.78, 5) is 0. The first-order valence-electron chi connectivity index (χ1n) is 44.9. The molecule has 0 aliphatic heterocycles. The van der Waals surface area contributed by atoms with E-state index in [1.807, 2.05) is 170 Å². The highest BCUT2D eigenvalue weighted by molar-refractivity contribution is 5.52. The number of hydrogen-bond acceptors (Lipinski definition) is 11. The largest absolute Gasteiger partial charge is 0.399 e. The Kier molecular flexibility index (Phi) is 34.0. The van der Waals surface area contributed by atoms with Gasteiger partial charge < -0.3 is 63.1 Å². The lowest BCUT2D eigenvalue weighted by atomic mass is 9.99. The minimum Gasteiger partial charge on any atom is -0.399 e. The fourth-order valence-electron chi connectivity index (χ4n) is 15.8. The minimum absolute atomic E-state index is 0.805. The van der Waals surface area contributed by atoms with Crippen molar-refractivity contribution in [3.63, 3.8) is 0 Å². The average molecular weight is 1730 g/mol. The number of anilines is 11. The zero-order chi connectivity index (χ0) is 92.2. The predicted octanol–water partition coefficient (Wildman–Crippen LogP) is 24.9. The highest BCUT2D eigenvalue weighted by atomic mass is 14.6. The Balaban J connectivity index is 0.000000135. The van der Waals surface area contributed by atoms with Crippen LogP contribution in [0.4, 0.5) is 62.6 Å². The third kappa shape index (κ3) is 32.3. The van der Waals surface area contributed by atoms with Crippen molar-refractivity contribution in [1.29, 1.82) is 0 Å². The number of aryl methyl sites for hydroxylation is 1. The van der Waals surface area contributed by atoms with Gasteiger partial charge in [-0.2, -0.15) is 0 Å². The third-order valence-corrected chi connectivity index (χ3v) is 22.7. The first-order chi connectivity index (χ1) is 64.1. The molecule has 0 saturated heterocycles. The summed E-state index contributed by atoms with van der Waals surface area (Å²) >= 11 is 0. The Morgan fingerprint density at radius 1 is 0.106 bits per heavy atom. The van der Waals surface area contributed by atoms with Gasteiger partial charge in [0.2, 0.25) is 0 Å². The van der Waals surface area contributed by atoms with E-state index in [2.05, 4.69) is 274 Å². The molecule has 0 heterocycles. The van der Waals surface area contributed by atoms with Crippen molar-refractivity contribution < 1.29 is 0 Å². The second-order valence-electron chi connectivity index (χ2n) is 34.2. The molecule has 0 spiro atoms. The van der Waals surface area contributed by atoms with Crippen LogP contribution in [0.3, 0.4) is 0 Å². The van der Waals surface area contributed by atoms with E-state index in [9.17, 15) is 0 Å². The lowest BCUT2D eigenvalue weighted by Crippen LogP contribution is -1.94. The Hall–Kier alpha value is -16.2. The molecule has 0 aliphatic rings. The van der Waals surface area contributed by atoms with Crippen molar-refractivity contribution >= 4 is 62.6 Å². The smallest absolute Gasteiger partial charge is 0.0316 e. The molecule has 18 aromatic rings. The molecule has 0 unspecified atom stereocenters. The summed E-state index contributed by atoms with van der Waals surface area (Å²) in [5.74, 6) is 0. The molecule has 18 rings (SSSR count). The van der Waals surface area contributed by atoms with E-state index in [1.54, 1.807) is 0 Å². The summed E-state index contributed by atoms with van der Waals surface area (Å²) in [6.07, 6.45) is 11.1. The molecule has 660 valence electrons. The molecule has 0 amide bonds. The summed E-state index contributed by atoms with van der Waals surface area (Å²) in [6, 6.07) is 150. The highest BCUT2D eigenvalue weighted by Crippen LogP contribution is 2.26. The summed E-state index contributed by atoms with van der Waals surface area (Å²) in [5, 5.41) is 0. The normalized spacial score (nSPS) is 10.6. The van der Waals surface area contributed by atoms with E-state index in [0.717, 1.165) is 140 Å². The second-order valence-corrected chi connectivity index (χ2v) is 34.2. The number of hydrogen-bond donors (Lipinski definition) is 11. The third-order valence-electron chi connectivity index (χ3n) is 22.7. The molecule has 22 N–H and O–H groups in total. The number of benzene rings is 18. The zero-order valence-corrected chi connectivity index (χ0v) is 75.4. The van der Waals surface area contributed by atoms with Crippen LogP contribution in [-0.4, -0.2) is 0 Å². The topological polar surface area (TPSA) is 286 Å². The van der Waals surface area contributed by atoms with E-state index in [4.69, 9.17) is 63.1 Å². The molecule has 0 aliphatic carbocycles. The van der Waals surface area contributed by atoms with Gasteiger partial charge in [0.15, 0.2) is 0 Å². The molecule has 0 aromatic heterocycles. The molecule has 132 heavy (non-hydrogen) atoms. The van der Waals surface area contributed by atoms with E-state index in [-0.39, 0.29) is 0 Å². The summed E-state index contributed by atoms with van der Waals surface area (Å²) in [6.45, 7) is 2.12. The van der Waals surface area contributed by atoms with Gasteiger partial charge in [-0.3, -0.25) is 0 Å². The fraction of sp³-hybridized carbons (Fsp3) is 0.107. The fourth-order valence-corrected chi connectivity index (χ4v) is 15.8. The van der Waals surface area contributed by atoms with E-state index < -0.39 is 0 Å². The molecule has 11 nitrogen and oxygen atoms in total. The van der Waals surface area contributed by atoms with E-state index in [0.29, 0.717) is 0 Å². The van der Waals surface area contributed by atoms with Gasteiger partial charge in [0.1, 0.15) is 0 Å². The van der Waals surface area contributed by atoms with E-state index >= 15 is 0 Å². The van der Waals surface area contributed by atoms with Crippen molar-refractivity contribution in [2.24, 2.45) is 0 Å². The van der Waals surface area contributed by atoms with Gasteiger partial charge in [-0.05, 0) is 351 Å². The van der Waals surface area contributed by atoms with Crippen LogP contribution in [0.25, 0.3) is 0 Å². The van der Waals surface area contributed by atoms with Gasteiger partial charge in [-0.25, -0.2) is 0 Å². The number of rotatable bonds is 24. The number of nitrogen functional groups attached to an aromatic ring is 11. The molecule has 0 fully saturated rings. The van der Waals surface area contributed by atoms with Gasteiger partial charge in [0, 0.05) is 62.6 Å². The molecular formula is C121H121N11. The van der Waals surface area contributed by atoms with Crippen LogP contribution in [0.1, 0.15) is 139 Å². The van der Waals surface area contributed by atoms with Crippen LogP contribution in [-0.2, 0) is 77.0 Å². The van der Waals surface area contributed by atoms with Gasteiger partial charge in [-0.1, -0.05) is 309 Å². The van der Waals surface area contributed by atoms with Crippen molar-refractivity contribution in [3.05, 3.63) is 576 Å². The maximum Gasteiger partial charge on any atom is 0.0316 e. The Labute approximate surface area is 780 Å². The van der Waals surface area contributed by atoms with Crippen molar-refractivity contribution in [1.82, 2.24) is 0 Å². The number of nitrogens with two attached hydrogens (primary N) is 11. The van der Waals surface area contributed by atoms with Crippen molar-refractivity contribution in [2.45, 2.75) is 84.0 Å². The molecule has 0 saturated carbocycles. The van der Waals surface area contributed by atoms with Crippen LogP contribution in [0.2, 0.25) is 0 Å². The Bertz CT molecular complexity index is 6340. The minimum atomic E-state index is 0.805. The first kappa shape index (κ1) is 93.4. The van der Waals surface area contributed by atoms with E-state index in [1.165, 1.54) is 139 Å². The summed E-state index contributed by atoms with van der Waals surface area (Å²) < 4.78 is 0. The van der Waals surface area contributed by atoms with Crippen LogP contribution in [0.15, 0.2) is 437 Å². The standard InChI is InChI=1S/C21H21N.5C20H20N2/c1-16-2-4-17(5-3-16)14-18-6-8-19(9-7-18)15-20-10-12-21(22)13-11-20;21-19-8-2-6-17(13-19)11-15-4-1-5-16(10-15)12-18-7-3-9-20(22)14-18;21-19-5-1-3-17(13-19)11-15-7-9-16(10-8-15)12-18-4-2-6-20(22)14-18;21-19-9-7-15(8-10-19)11-16-3-1-4-17(12-16)13-18-5-2-6-20(22)14-18;21-19-8-4-15(5-9-19)12-17-2-1-3-18(14-17)13-16-6-10-20(22)11-7-16;21-19-10-8-17(9-11-19)12-15-4-6-16(7-5-15)13-18-2-1-3-20(22)14-18/h2-13H,14-15,22H2,1H3;2*1-10,13-14H,11-12,21-22H2;1-10,12,14H,11,13,21-22H2;2*1-11,14H,12-13,21-22H2. The average Bonchev–Trinajstić information content (AvgIpc) is 0.900. The lowest BCUT2D eigenvalue weighted by molar-refractivity contribution is 1.14. The SMILES string of the molecule is Cc1ccc(Cc2ccc(Cc3ccc(N)cc3)cc2)cc1.Nc1ccc(Cc2ccc(Cc3cccc(N)c3)cc2)cc1.Nc1ccc(Cc2cccc(Cc3ccc(N)cc3)c2)cc1.Nc1ccc(Cc2cccc(Cc3cccc(N)c3)c2)cc1.Nc1cccc(Cc2ccc(Cc3cccc(N)c3)cc2)c1.Nc1cccc(Cc2cccc(Cc3cccc(N)c3)c2)c1. The first-order valence-corrected chi connectivity index (χ1v) is 44.9. The van der Waals surface area contributed by atoms with Gasteiger partial charge in [0.05, 0.1) is 0 Å². The molecule has 0 atom stereocenters. The van der Waals surface area contributed by atoms with Crippen LogP contribution in [0, 0.1) is 6.92 Å². The maximum absolute atomic E-state index is 5.85. The maximum atomic E-state index is 5.85. The monoisotopic (exact) mass is 1730 g/mol. The summed E-state index contributed by atoms with van der Waals surface area (Å²) in [5.41, 5.74) is 105. The van der Waals surface area contributed by atoms with Crippen LogP contribution < -0.4 is 63.1 Å². The molecular weight excluding hydrogens is 1610 g/mol. The van der Waals surface area contributed by atoms with Crippen molar-refractivity contribution in [2.75, 3.05) is 63.1 Å². The predicted molar refractivity (Wildman–Crippen MR) is 563 cm³/mol. The van der Waals surface area contributed by atoms with Gasteiger partial charge >= 0.3 is 0 Å². The Morgan fingerprint density at radius 2 is 0.212 bits per heavy atom. The van der Waals surface area contributed by atoms with Gasteiger partial charge in [-0.15, -0.1) is 0 Å². The molecule has 11 heteroatoms. The molecule has 0 radical (unpaired) electrons. The lowest BCUT2D eigenvalue weighted by Gasteiger charge is -2.07. The quantitative estimate of drug-likeness (QED) is 0.0253. The van der Waals surface area contributed by atoms with Crippen molar-refractivity contribution in [3.8, 4) is 0 Å². The molecule has 0 bridgehead atoms. The summed E-state index contributed by atoms with van der Waals surface area (Å²) in [7, 11) is 0.